The molecule has 2 saturated heterocycles. The molecule has 0 bridgehead atoms. The number of rotatable bonds is 9. The van der Waals surface area contributed by atoms with Crippen LogP contribution in [0.2, 0.25) is 0 Å². The van der Waals surface area contributed by atoms with Gasteiger partial charge in [-0.3, -0.25) is 4.79 Å². The van der Waals surface area contributed by atoms with E-state index in [1.54, 1.807) is 29.1 Å². The minimum Gasteiger partial charge on any atom is -0.487 e. The highest BCUT2D eigenvalue weighted by Gasteiger charge is 2.32. The number of fused-ring (bicyclic) bond motifs is 1. The van der Waals surface area contributed by atoms with Crippen LogP contribution in [0.15, 0.2) is 59.1 Å². The van der Waals surface area contributed by atoms with E-state index in [0.29, 0.717) is 34.1 Å². The van der Waals surface area contributed by atoms with Gasteiger partial charge >= 0.3 is 0 Å². The standard InChI is InChI=1S/C28H33N7O4S2/c29-41(37,38)28-30-24-9-8-23(17-26(24)40-28)39-19-21-18-35(32-31-21)25(16-20-6-2-1-3-7-20)27(36)34-14-10-22(11-15-34)33-12-4-5-13-33/h1-3,6-9,17-18,22,25H,4-5,10-16,19H2,(H2,29,37,38)/t25-/m0/s1. The lowest BCUT2D eigenvalue weighted by atomic mass is 10.0. The van der Waals surface area contributed by atoms with E-state index in [1.807, 2.05) is 35.2 Å². The molecule has 2 aliphatic heterocycles. The molecule has 2 aromatic carbocycles. The number of carbonyl (C=O) groups excluding carboxylic acids is 1. The van der Waals surface area contributed by atoms with Crippen molar-refractivity contribution in [3.63, 3.8) is 0 Å². The summed E-state index contributed by atoms with van der Waals surface area (Å²) in [5.41, 5.74) is 2.17. The summed E-state index contributed by atoms with van der Waals surface area (Å²) in [4.78, 5) is 22.5. The Morgan fingerprint density at radius 3 is 2.56 bits per heavy atom. The van der Waals surface area contributed by atoms with Crippen molar-refractivity contribution in [3.05, 3.63) is 66.0 Å². The number of sulfonamides is 1. The molecule has 0 radical (unpaired) electrons. The predicted octanol–water partition coefficient (Wildman–Crippen LogP) is 2.98. The zero-order valence-corrected chi connectivity index (χ0v) is 24.3. The van der Waals surface area contributed by atoms with Crippen LogP contribution in [-0.2, 0) is 27.8 Å². The Morgan fingerprint density at radius 1 is 1.07 bits per heavy atom. The second-order valence-electron chi connectivity index (χ2n) is 10.6. The van der Waals surface area contributed by atoms with Gasteiger partial charge in [-0.05, 0) is 62.5 Å². The fourth-order valence-electron chi connectivity index (χ4n) is 5.68. The summed E-state index contributed by atoms with van der Waals surface area (Å²) < 4.78 is 31.4. The van der Waals surface area contributed by atoms with Crippen molar-refractivity contribution in [1.29, 1.82) is 0 Å². The van der Waals surface area contributed by atoms with Gasteiger partial charge in [0.15, 0.2) is 0 Å². The van der Waals surface area contributed by atoms with Gasteiger partial charge in [0, 0.05) is 25.6 Å². The fourth-order valence-corrected chi connectivity index (χ4v) is 7.37. The number of nitrogens with two attached hydrogens (primary N) is 1. The summed E-state index contributed by atoms with van der Waals surface area (Å²) >= 11 is 0.992. The summed E-state index contributed by atoms with van der Waals surface area (Å²) in [6.45, 7) is 3.99. The summed E-state index contributed by atoms with van der Waals surface area (Å²) in [5.74, 6) is 0.599. The Bertz CT molecular complexity index is 1610. The van der Waals surface area contributed by atoms with Gasteiger partial charge < -0.3 is 14.5 Å². The number of amides is 1. The molecule has 11 nitrogen and oxygen atoms in total. The molecule has 2 aromatic heterocycles. The normalized spacial score (nSPS) is 17.7. The van der Waals surface area contributed by atoms with Crippen LogP contribution in [0.1, 0.15) is 43.0 Å². The smallest absolute Gasteiger partial charge is 0.265 e. The number of ether oxygens (including phenoxy) is 1. The molecule has 6 rings (SSSR count). The number of hydrogen-bond donors (Lipinski definition) is 1. The second-order valence-corrected chi connectivity index (χ2v) is 13.4. The van der Waals surface area contributed by atoms with E-state index in [-0.39, 0.29) is 16.9 Å². The van der Waals surface area contributed by atoms with Gasteiger partial charge in [-0.25, -0.2) is 23.2 Å². The molecule has 1 atom stereocenters. The van der Waals surface area contributed by atoms with Crippen molar-refractivity contribution in [2.75, 3.05) is 26.2 Å². The minimum atomic E-state index is -3.87. The van der Waals surface area contributed by atoms with Crippen LogP contribution in [0, 0.1) is 0 Å². The number of thiazole rings is 1. The molecule has 2 fully saturated rings. The van der Waals surface area contributed by atoms with Gasteiger partial charge in [-0.15, -0.1) is 16.4 Å². The third-order valence-electron chi connectivity index (χ3n) is 7.84. The van der Waals surface area contributed by atoms with E-state index in [4.69, 9.17) is 9.88 Å². The van der Waals surface area contributed by atoms with Crippen LogP contribution in [0.3, 0.4) is 0 Å². The highest BCUT2D eigenvalue weighted by Crippen LogP contribution is 2.29. The topological polar surface area (TPSA) is 137 Å². The van der Waals surface area contributed by atoms with E-state index in [0.717, 1.165) is 42.8 Å². The number of primary sulfonamides is 1. The van der Waals surface area contributed by atoms with Gasteiger partial charge in [0.2, 0.25) is 10.2 Å². The molecular weight excluding hydrogens is 562 g/mol. The van der Waals surface area contributed by atoms with Crippen molar-refractivity contribution in [2.45, 2.75) is 55.1 Å². The first-order valence-electron chi connectivity index (χ1n) is 13.9. The molecule has 4 heterocycles. The Kier molecular flexibility index (Phi) is 8.02. The maximum Gasteiger partial charge on any atom is 0.265 e. The Morgan fingerprint density at radius 2 is 1.83 bits per heavy atom. The number of nitrogens with zero attached hydrogens (tertiary/aromatic N) is 6. The van der Waals surface area contributed by atoms with Crippen LogP contribution < -0.4 is 9.88 Å². The first kappa shape index (κ1) is 27.8. The zero-order chi connectivity index (χ0) is 28.4. The number of aromatic nitrogens is 4. The molecule has 0 unspecified atom stereocenters. The van der Waals surface area contributed by atoms with E-state index in [1.165, 1.54) is 25.9 Å². The van der Waals surface area contributed by atoms with Gasteiger partial charge in [0.1, 0.15) is 24.1 Å². The van der Waals surface area contributed by atoms with Gasteiger partial charge in [0.25, 0.3) is 10.0 Å². The van der Waals surface area contributed by atoms with Crippen LogP contribution in [-0.4, -0.2) is 76.3 Å². The molecule has 1 amide bonds. The predicted molar refractivity (Wildman–Crippen MR) is 155 cm³/mol. The van der Waals surface area contributed by atoms with Crippen LogP contribution >= 0.6 is 11.3 Å². The number of piperidine rings is 1. The monoisotopic (exact) mass is 595 g/mol. The maximum absolute atomic E-state index is 13.9. The number of likely N-dealkylation sites (tertiary alicyclic amines) is 2. The van der Waals surface area contributed by atoms with E-state index < -0.39 is 16.1 Å². The van der Waals surface area contributed by atoms with Crippen molar-refractivity contribution in [3.8, 4) is 5.75 Å². The van der Waals surface area contributed by atoms with Gasteiger partial charge in [-0.2, -0.15) is 0 Å². The second kappa shape index (κ2) is 11.8. The highest BCUT2D eigenvalue weighted by atomic mass is 32.2. The summed E-state index contributed by atoms with van der Waals surface area (Å²) in [6.07, 6.45) is 6.84. The molecule has 41 heavy (non-hydrogen) atoms. The van der Waals surface area contributed by atoms with Crippen molar-refractivity contribution < 1.29 is 17.9 Å². The largest absolute Gasteiger partial charge is 0.487 e. The number of benzene rings is 2. The zero-order valence-electron chi connectivity index (χ0n) is 22.6. The quantitative estimate of drug-likeness (QED) is 0.312. The third-order valence-corrected chi connectivity index (χ3v) is 10.2. The van der Waals surface area contributed by atoms with E-state index in [2.05, 4.69) is 20.2 Å². The first-order valence-corrected chi connectivity index (χ1v) is 16.2. The molecule has 13 heteroatoms. The highest BCUT2D eigenvalue weighted by molar-refractivity contribution is 7.91. The lowest BCUT2D eigenvalue weighted by Crippen LogP contribution is -2.48. The summed E-state index contributed by atoms with van der Waals surface area (Å²) in [6, 6.07) is 15.2. The molecule has 4 aromatic rings. The average molecular weight is 596 g/mol. The van der Waals surface area contributed by atoms with Crippen LogP contribution in [0.5, 0.6) is 5.75 Å². The molecule has 2 N–H and O–H groups in total. The maximum atomic E-state index is 13.9. The van der Waals surface area contributed by atoms with Crippen molar-refractivity contribution >= 4 is 37.5 Å². The van der Waals surface area contributed by atoms with Crippen LogP contribution in [0.25, 0.3) is 10.2 Å². The summed E-state index contributed by atoms with van der Waals surface area (Å²) in [5, 5.41) is 13.8. The Hall–Kier alpha value is -3.39. The average Bonchev–Trinajstić information content (AvgIpc) is 3.76. The lowest BCUT2D eigenvalue weighted by molar-refractivity contribution is -0.136. The molecular formula is C28H33N7O4S2. The molecule has 0 spiro atoms. The fraction of sp³-hybridized carbons (Fsp3) is 0.429. The summed E-state index contributed by atoms with van der Waals surface area (Å²) in [7, 11) is -3.87. The minimum absolute atomic E-state index is 0.0624. The first-order chi connectivity index (χ1) is 19.8. The van der Waals surface area contributed by atoms with E-state index in [9.17, 15) is 13.2 Å². The van der Waals surface area contributed by atoms with Crippen molar-refractivity contribution in [1.82, 2.24) is 29.8 Å². The molecule has 216 valence electrons. The number of hydrogen-bond acceptors (Lipinski definition) is 9. The molecule has 0 saturated carbocycles. The van der Waals surface area contributed by atoms with Crippen molar-refractivity contribution in [2.24, 2.45) is 5.14 Å². The molecule has 0 aliphatic carbocycles. The number of carbonyl (C=O) groups is 1. The van der Waals surface area contributed by atoms with Gasteiger partial charge in [0.05, 0.1) is 16.4 Å². The molecule has 2 aliphatic rings. The SMILES string of the molecule is NS(=O)(=O)c1nc2ccc(OCc3cn([C@@H](Cc4ccccc4)C(=O)N4CCC(N5CCCC5)CC4)nn3)cc2s1. The Balaban J connectivity index is 1.15. The van der Waals surface area contributed by atoms with Gasteiger partial charge in [-0.1, -0.05) is 35.5 Å². The van der Waals surface area contributed by atoms with Crippen LogP contribution in [0.4, 0.5) is 0 Å². The lowest BCUT2D eigenvalue weighted by Gasteiger charge is -2.38. The van der Waals surface area contributed by atoms with E-state index >= 15 is 0 Å². The third kappa shape index (κ3) is 6.43. The Labute approximate surface area is 243 Å².